The quantitative estimate of drug-likeness (QED) is 0.474. The minimum absolute atomic E-state index is 0.0170. The van der Waals surface area contributed by atoms with Crippen molar-refractivity contribution in [2.45, 2.75) is 37.9 Å². The van der Waals surface area contributed by atoms with E-state index >= 15 is 0 Å². The van der Waals surface area contributed by atoms with Gasteiger partial charge in [-0.25, -0.2) is 0 Å². The predicted molar refractivity (Wildman–Crippen MR) is 108 cm³/mol. The first-order valence-corrected chi connectivity index (χ1v) is 9.00. The Bertz CT molecular complexity index is 807. The Morgan fingerprint density at radius 3 is 2.67 bits per heavy atom. The minimum Gasteiger partial charge on any atom is -0.481 e. The van der Waals surface area contributed by atoms with Gasteiger partial charge in [-0.1, -0.05) is 65.1 Å². The van der Waals surface area contributed by atoms with Crippen molar-refractivity contribution >= 4 is 29.2 Å². The van der Waals surface area contributed by atoms with Crippen LogP contribution < -0.4 is 0 Å². The maximum atomic E-state index is 10.4. The largest absolute Gasteiger partial charge is 0.481 e. The van der Waals surface area contributed by atoms with E-state index in [1.807, 2.05) is 0 Å². The van der Waals surface area contributed by atoms with Gasteiger partial charge in [-0.05, 0) is 37.1 Å². The van der Waals surface area contributed by atoms with Gasteiger partial charge < -0.3 is 15.3 Å². The third-order valence-electron chi connectivity index (χ3n) is 3.21. The highest BCUT2D eigenvalue weighted by molar-refractivity contribution is 6.42. The first-order chi connectivity index (χ1) is 12.9. The van der Waals surface area contributed by atoms with E-state index < -0.39 is 18.2 Å². The number of halogens is 2. The number of hydrogen-bond donors (Lipinski definition) is 3. The molecule has 0 aliphatic heterocycles. The Balaban J connectivity index is 2.35. The first-order valence-electron chi connectivity index (χ1n) is 8.24. The summed E-state index contributed by atoms with van der Waals surface area (Å²) in [5, 5.41) is 28.8. The van der Waals surface area contributed by atoms with Gasteiger partial charge in [0.2, 0.25) is 0 Å². The van der Waals surface area contributed by atoms with Crippen LogP contribution in [0, 0.1) is 23.7 Å². The summed E-state index contributed by atoms with van der Waals surface area (Å²) < 4.78 is 0. The van der Waals surface area contributed by atoms with Crippen LogP contribution in [0.25, 0.3) is 0 Å². The van der Waals surface area contributed by atoms with Gasteiger partial charge in [0.15, 0.2) is 0 Å². The van der Waals surface area contributed by atoms with Crippen LogP contribution in [0.15, 0.2) is 42.5 Å². The van der Waals surface area contributed by atoms with Crippen LogP contribution in [-0.4, -0.2) is 33.5 Å². The molecule has 0 saturated heterocycles. The number of carbonyl (C=O) groups is 1. The molecule has 0 radical (unpaired) electrons. The summed E-state index contributed by atoms with van der Waals surface area (Å²) in [6, 6.07) is 5.08. The molecule has 4 nitrogen and oxygen atoms in total. The molecule has 0 aliphatic carbocycles. The summed E-state index contributed by atoms with van der Waals surface area (Å²) in [6.45, 7) is 0. The van der Waals surface area contributed by atoms with E-state index in [9.17, 15) is 15.0 Å². The Morgan fingerprint density at radius 2 is 1.96 bits per heavy atom. The van der Waals surface area contributed by atoms with Gasteiger partial charge in [0.25, 0.3) is 0 Å². The molecule has 142 valence electrons. The van der Waals surface area contributed by atoms with Gasteiger partial charge in [0.05, 0.1) is 16.1 Å². The second kappa shape index (κ2) is 13.0. The van der Waals surface area contributed by atoms with Crippen molar-refractivity contribution in [3.05, 3.63) is 58.1 Å². The molecular formula is C21H20Cl2O4. The molecule has 6 heteroatoms. The van der Waals surface area contributed by atoms with E-state index in [0.717, 1.165) is 5.56 Å². The Kier molecular flexibility index (Phi) is 11.0. The molecule has 1 aromatic rings. The van der Waals surface area contributed by atoms with Gasteiger partial charge in [-0.2, -0.15) is 0 Å². The monoisotopic (exact) mass is 406 g/mol. The topological polar surface area (TPSA) is 77.8 Å². The highest BCUT2D eigenvalue weighted by Crippen LogP contribution is 2.22. The van der Waals surface area contributed by atoms with Crippen LogP contribution in [0.3, 0.4) is 0 Å². The molecule has 0 amide bonds. The number of carboxylic acid groups (broad SMARTS) is 1. The third kappa shape index (κ3) is 11.2. The summed E-state index contributed by atoms with van der Waals surface area (Å²) in [5.41, 5.74) is 0.720. The van der Waals surface area contributed by atoms with E-state index in [4.69, 9.17) is 28.3 Å². The van der Waals surface area contributed by atoms with Crippen molar-refractivity contribution in [2.24, 2.45) is 0 Å². The van der Waals surface area contributed by atoms with Crippen LogP contribution in [0.5, 0.6) is 0 Å². The second-order valence-electron chi connectivity index (χ2n) is 5.54. The number of allylic oxidation sites excluding steroid dienone is 3. The van der Waals surface area contributed by atoms with Crippen molar-refractivity contribution in [3.8, 4) is 23.7 Å². The Labute approximate surface area is 169 Å². The zero-order valence-corrected chi connectivity index (χ0v) is 16.0. The van der Waals surface area contributed by atoms with E-state index in [2.05, 4.69) is 23.7 Å². The molecule has 0 saturated carbocycles. The summed E-state index contributed by atoms with van der Waals surface area (Å²) in [6.07, 6.45) is 5.78. The maximum Gasteiger partial charge on any atom is 0.303 e. The number of aliphatic carboxylic acids is 1. The first kappa shape index (κ1) is 22.8. The standard InChI is InChI=1S/C21H20Cl2O4/c22-19-14-13-16(15-20(19)23)7-5-10-17(24)8-3-1-2-4-9-18(25)11-6-12-21(26)27/h1-3,8,13-15,17-18,24-25H,6,10-12H2,(H,26,27)/b2-1+,8-3+/t17-,18+/m0/s1. The molecular weight excluding hydrogens is 387 g/mol. The van der Waals surface area contributed by atoms with Crippen molar-refractivity contribution in [1.82, 2.24) is 0 Å². The van der Waals surface area contributed by atoms with Crippen molar-refractivity contribution in [3.63, 3.8) is 0 Å². The van der Waals surface area contributed by atoms with Crippen LogP contribution in [-0.2, 0) is 4.79 Å². The van der Waals surface area contributed by atoms with E-state index in [1.54, 1.807) is 36.4 Å². The average molecular weight is 407 g/mol. The molecule has 0 aliphatic rings. The van der Waals surface area contributed by atoms with E-state index in [-0.39, 0.29) is 12.8 Å². The summed E-state index contributed by atoms with van der Waals surface area (Å²) in [5.74, 6) is 10.1. The van der Waals surface area contributed by atoms with Gasteiger partial charge in [-0.3, -0.25) is 4.79 Å². The number of carboxylic acids is 1. The molecule has 0 aromatic heterocycles. The SMILES string of the molecule is O=C(O)CCC[C@H](O)C#C/C=C/C=C/[C@H](O)CC#Cc1ccc(Cl)c(Cl)c1. The fourth-order valence-corrected chi connectivity index (χ4v) is 2.16. The van der Waals surface area contributed by atoms with E-state index in [0.29, 0.717) is 22.9 Å². The Hall–Kier alpha value is -2.21. The number of benzene rings is 1. The number of hydrogen-bond acceptors (Lipinski definition) is 3. The summed E-state index contributed by atoms with van der Waals surface area (Å²) in [7, 11) is 0. The molecule has 27 heavy (non-hydrogen) atoms. The minimum atomic E-state index is -0.889. The summed E-state index contributed by atoms with van der Waals surface area (Å²) in [4.78, 5) is 10.4. The van der Waals surface area contributed by atoms with Crippen molar-refractivity contribution < 1.29 is 20.1 Å². The second-order valence-corrected chi connectivity index (χ2v) is 6.35. The van der Waals surface area contributed by atoms with Crippen LogP contribution in [0.1, 0.15) is 31.2 Å². The molecule has 0 bridgehead atoms. The fourth-order valence-electron chi connectivity index (χ4n) is 1.86. The van der Waals surface area contributed by atoms with E-state index in [1.165, 1.54) is 6.08 Å². The lowest BCUT2D eigenvalue weighted by atomic mass is 10.1. The average Bonchev–Trinajstić information content (AvgIpc) is 2.60. The van der Waals surface area contributed by atoms with Crippen LogP contribution in [0.2, 0.25) is 10.0 Å². The summed E-state index contributed by atoms with van der Waals surface area (Å²) >= 11 is 11.7. The van der Waals surface area contributed by atoms with Gasteiger partial charge in [0, 0.05) is 18.4 Å². The molecule has 1 aromatic carbocycles. The molecule has 0 spiro atoms. The molecule has 2 atom stereocenters. The lowest BCUT2D eigenvalue weighted by Gasteiger charge is -1.99. The predicted octanol–water partition coefficient (Wildman–Crippen LogP) is 3.83. The highest BCUT2D eigenvalue weighted by Gasteiger charge is 2.01. The lowest BCUT2D eigenvalue weighted by Crippen LogP contribution is -2.04. The van der Waals surface area contributed by atoms with Crippen LogP contribution in [0.4, 0.5) is 0 Å². The number of aliphatic hydroxyl groups excluding tert-OH is 2. The number of aliphatic hydroxyl groups is 2. The molecule has 0 fully saturated rings. The maximum absolute atomic E-state index is 10.4. The Morgan fingerprint density at radius 1 is 1.19 bits per heavy atom. The molecule has 0 unspecified atom stereocenters. The van der Waals surface area contributed by atoms with Gasteiger partial charge >= 0.3 is 5.97 Å². The third-order valence-corrected chi connectivity index (χ3v) is 3.94. The molecule has 1 rings (SSSR count). The van der Waals surface area contributed by atoms with Crippen LogP contribution >= 0.6 is 23.2 Å². The highest BCUT2D eigenvalue weighted by atomic mass is 35.5. The zero-order chi connectivity index (χ0) is 20.1. The van der Waals surface area contributed by atoms with Crippen molar-refractivity contribution in [2.75, 3.05) is 0 Å². The normalized spacial score (nSPS) is 12.9. The fraction of sp³-hybridized carbons (Fsp3) is 0.286. The lowest BCUT2D eigenvalue weighted by molar-refractivity contribution is -0.137. The molecule has 0 heterocycles. The van der Waals surface area contributed by atoms with Gasteiger partial charge in [0.1, 0.15) is 6.10 Å². The van der Waals surface area contributed by atoms with Crippen molar-refractivity contribution in [1.29, 1.82) is 0 Å². The van der Waals surface area contributed by atoms with Gasteiger partial charge in [-0.15, -0.1) is 0 Å². The molecule has 3 N–H and O–H groups in total. The number of rotatable bonds is 7. The zero-order valence-electron chi connectivity index (χ0n) is 14.5. The smallest absolute Gasteiger partial charge is 0.303 e.